The highest BCUT2D eigenvalue weighted by atomic mass is 32.2. The summed E-state index contributed by atoms with van der Waals surface area (Å²) in [7, 11) is 0. The first-order valence-corrected chi connectivity index (χ1v) is 16.9. The predicted molar refractivity (Wildman–Crippen MR) is 181 cm³/mol. The average Bonchev–Trinajstić information content (AvgIpc) is 3.34. The fourth-order valence-electron chi connectivity index (χ4n) is 7.78. The molecule has 0 bridgehead atoms. The summed E-state index contributed by atoms with van der Waals surface area (Å²) in [4.78, 5) is 39.1. The van der Waals surface area contributed by atoms with Crippen molar-refractivity contribution in [3.05, 3.63) is 94.4 Å². The zero-order valence-electron chi connectivity index (χ0n) is 26.8. The van der Waals surface area contributed by atoms with Gasteiger partial charge in [-0.25, -0.2) is 0 Å². The van der Waals surface area contributed by atoms with Crippen LogP contribution in [0.2, 0.25) is 0 Å². The van der Waals surface area contributed by atoms with Crippen molar-refractivity contribution >= 4 is 40.2 Å². The van der Waals surface area contributed by atoms with Crippen molar-refractivity contribution in [2.24, 2.45) is 11.3 Å². The molecule has 1 aliphatic heterocycles. The van der Waals surface area contributed by atoms with Crippen LogP contribution >= 0.6 is 11.8 Å². The molecule has 230 valence electrons. The van der Waals surface area contributed by atoms with E-state index in [4.69, 9.17) is 0 Å². The van der Waals surface area contributed by atoms with Crippen LogP contribution in [0.3, 0.4) is 0 Å². The van der Waals surface area contributed by atoms with Gasteiger partial charge in [0.15, 0.2) is 0 Å². The van der Waals surface area contributed by atoms with Gasteiger partial charge in [0.05, 0.1) is 0 Å². The maximum atomic E-state index is 14.7. The molecule has 1 aliphatic carbocycles. The molecule has 6 nitrogen and oxygen atoms in total. The van der Waals surface area contributed by atoms with Gasteiger partial charge in [-0.3, -0.25) is 14.6 Å². The third kappa shape index (κ3) is 5.44. The number of aromatic amines is 1. The van der Waals surface area contributed by atoms with E-state index in [-0.39, 0.29) is 29.1 Å². The summed E-state index contributed by atoms with van der Waals surface area (Å²) in [5, 5.41) is 4.56. The summed E-state index contributed by atoms with van der Waals surface area (Å²) in [5.41, 5.74) is 7.72. The molecule has 2 fully saturated rings. The number of fused-ring (bicyclic) bond motifs is 1. The first-order chi connectivity index (χ1) is 21.0. The number of carbonyl (C=O) groups is 2. The summed E-state index contributed by atoms with van der Waals surface area (Å²) in [5.74, 6) is 2.09. The number of carbonyl (C=O) groups excluding carboxylic acids is 2. The van der Waals surface area contributed by atoms with Crippen LogP contribution in [-0.4, -0.2) is 43.7 Å². The zero-order valence-corrected chi connectivity index (χ0v) is 27.6. The summed E-state index contributed by atoms with van der Waals surface area (Å²) in [6.45, 7) is 13.2. The van der Waals surface area contributed by atoms with Crippen LogP contribution < -0.4 is 5.32 Å². The first-order valence-electron chi connectivity index (χ1n) is 15.8. The fraction of sp³-hybridized carbons (Fsp3) is 0.432. The monoisotopic (exact) mass is 608 g/mol. The molecule has 2 atom stereocenters. The van der Waals surface area contributed by atoms with Crippen LogP contribution in [-0.2, 0) is 16.1 Å². The number of thioether (sulfide) groups is 1. The van der Waals surface area contributed by atoms with E-state index in [2.05, 4.69) is 79.4 Å². The summed E-state index contributed by atoms with van der Waals surface area (Å²) in [6, 6.07) is 16.6. The second-order valence-corrected chi connectivity index (χ2v) is 14.8. The molecule has 0 spiro atoms. The lowest BCUT2D eigenvalue weighted by Gasteiger charge is -2.45. The third-order valence-electron chi connectivity index (χ3n) is 10.2. The second-order valence-electron chi connectivity index (χ2n) is 13.5. The lowest BCUT2D eigenvalue weighted by atomic mass is 9.87. The highest BCUT2D eigenvalue weighted by Crippen LogP contribution is 2.67. The van der Waals surface area contributed by atoms with Crippen LogP contribution in [0, 0.1) is 39.0 Å². The molecule has 44 heavy (non-hydrogen) atoms. The van der Waals surface area contributed by atoms with Gasteiger partial charge in [0.1, 0.15) is 5.54 Å². The Morgan fingerprint density at radius 2 is 1.73 bits per heavy atom. The molecule has 0 radical (unpaired) electrons. The van der Waals surface area contributed by atoms with Crippen molar-refractivity contribution in [1.29, 1.82) is 0 Å². The molecule has 4 aromatic rings. The normalized spacial score (nSPS) is 20.3. The third-order valence-corrected chi connectivity index (χ3v) is 11.2. The predicted octanol–water partition coefficient (Wildman–Crippen LogP) is 7.86. The lowest BCUT2D eigenvalue weighted by molar-refractivity contribution is -0.147. The molecule has 1 saturated heterocycles. The molecule has 0 unspecified atom stereocenters. The number of hydrogen-bond donors (Lipinski definition) is 2. The average molecular weight is 609 g/mol. The first kappa shape index (κ1) is 30.4. The van der Waals surface area contributed by atoms with Crippen molar-refractivity contribution in [3.8, 4) is 0 Å². The minimum Gasteiger partial charge on any atom is -0.358 e. The number of nitrogens with one attached hydrogen (secondary N) is 2. The van der Waals surface area contributed by atoms with Crippen molar-refractivity contribution < 1.29 is 9.59 Å². The van der Waals surface area contributed by atoms with E-state index in [1.807, 2.05) is 48.8 Å². The van der Waals surface area contributed by atoms with E-state index in [1.54, 1.807) is 6.20 Å². The fourth-order valence-corrected chi connectivity index (χ4v) is 8.95. The highest BCUT2D eigenvalue weighted by molar-refractivity contribution is 7.99. The van der Waals surface area contributed by atoms with E-state index in [1.165, 1.54) is 22.2 Å². The van der Waals surface area contributed by atoms with Crippen molar-refractivity contribution in [1.82, 2.24) is 14.9 Å². The number of H-pyrrole nitrogens is 1. The minimum absolute atomic E-state index is 0.0285. The largest absolute Gasteiger partial charge is 0.358 e. The molecule has 2 aromatic heterocycles. The van der Waals surface area contributed by atoms with E-state index < -0.39 is 5.54 Å². The Labute approximate surface area is 265 Å². The van der Waals surface area contributed by atoms with Gasteiger partial charge < -0.3 is 15.2 Å². The Morgan fingerprint density at radius 1 is 1.02 bits per heavy atom. The van der Waals surface area contributed by atoms with Gasteiger partial charge in [-0.2, -0.15) is 11.8 Å². The number of rotatable bonds is 8. The molecule has 6 rings (SSSR count). The molecule has 2 aromatic carbocycles. The van der Waals surface area contributed by atoms with Crippen LogP contribution in [0.25, 0.3) is 10.9 Å². The van der Waals surface area contributed by atoms with Gasteiger partial charge in [-0.05, 0) is 104 Å². The number of nitrogens with zero attached hydrogens (tertiary/aromatic N) is 2. The van der Waals surface area contributed by atoms with Gasteiger partial charge in [-0.15, -0.1) is 0 Å². The Bertz CT molecular complexity index is 1680. The molecule has 2 aliphatic rings. The van der Waals surface area contributed by atoms with E-state index in [0.717, 1.165) is 39.4 Å². The number of hydrogen-bond acceptors (Lipinski definition) is 4. The zero-order chi connectivity index (χ0) is 31.2. The maximum absolute atomic E-state index is 14.7. The molecule has 7 heteroatoms. The quantitative estimate of drug-likeness (QED) is 0.214. The second kappa shape index (κ2) is 11.7. The van der Waals surface area contributed by atoms with E-state index >= 15 is 0 Å². The topological polar surface area (TPSA) is 78.1 Å². The van der Waals surface area contributed by atoms with Crippen LogP contribution in [0.4, 0.5) is 5.69 Å². The smallest absolute Gasteiger partial charge is 0.250 e. The van der Waals surface area contributed by atoms with E-state index in [9.17, 15) is 9.59 Å². The Hall–Kier alpha value is -3.58. The minimum atomic E-state index is -0.937. The molecule has 1 saturated carbocycles. The van der Waals surface area contributed by atoms with Gasteiger partial charge in [0.2, 0.25) is 11.8 Å². The Balaban J connectivity index is 1.35. The van der Waals surface area contributed by atoms with Crippen molar-refractivity contribution in [2.45, 2.75) is 78.8 Å². The van der Waals surface area contributed by atoms with Crippen LogP contribution in [0.15, 0.2) is 60.9 Å². The molecular formula is C37H44N4O2S. The van der Waals surface area contributed by atoms with Crippen LogP contribution in [0.5, 0.6) is 0 Å². The number of benzene rings is 2. The number of para-hydroxylation sites is 1. The summed E-state index contributed by atoms with van der Waals surface area (Å²) in [6.07, 6.45) is 5.22. The number of amides is 2. The van der Waals surface area contributed by atoms with E-state index in [0.29, 0.717) is 25.8 Å². The number of aromatic nitrogens is 2. The maximum Gasteiger partial charge on any atom is 0.250 e. The van der Waals surface area contributed by atoms with Gasteiger partial charge in [0, 0.05) is 47.6 Å². The van der Waals surface area contributed by atoms with Gasteiger partial charge in [0.25, 0.3) is 0 Å². The van der Waals surface area contributed by atoms with Crippen molar-refractivity contribution in [3.63, 3.8) is 0 Å². The number of anilines is 1. The molecular weight excluding hydrogens is 565 g/mol. The lowest BCUT2D eigenvalue weighted by Crippen LogP contribution is -2.60. The Kier molecular flexibility index (Phi) is 8.12. The molecule has 2 amide bonds. The number of pyridine rings is 1. The van der Waals surface area contributed by atoms with Crippen molar-refractivity contribution in [2.75, 3.05) is 16.8 Å². The summed E-state index contributed by atoms with van der Waals surface area (Å²) < 4.78 is 0. The van der Waals surface area contributed by atoms with Gasteiger partial charge >= 0.3 is 0 Å². The summed E-state index contributed by atoms with van der Waals surface area (Å²) >= 11 is 1.86. The Morgan fingerprint density at radius 3 is 2.41 bits per heavy atom. The van der Waals surface area contributed by atoms with Crippen LogP contribution in [0.1, 0.15) is 72.5 Å². The molecule has 2 N–H and O–H groups in total. The molecule has 3 heterocycles. The number of aryl methyl sites for hydroxylation is 4. The highest BCUT2D eigenvalue weighted by Gasteiger charge is 2.60. The SMILES string of the molecule is Cc1cc(C)c(NC(=O)C2(N(Cc3cccnc3)C(=O)C[C@@H]3[C@H](c4c(C)[nH]c5ccccc45)C3(C)C)CCSCC2)c(C)c1. The van der Waals surface area contributed by atoms with Gasteiger partial charge in [-0.1, -0.05) is 55.8 Å². The standard InChI is InChI=1S/C37H44N4O2S/c1-23-18-24(2)34(25(3)19-23)40-35(43)37(13-16-44-17-14-37)41(22-27-10-9-15-38-21-27)31(42)20-29-33(36(29,5)6)32-26(4)39-30-12-8-7-11-28(30)32/h7-12,15,18-19,21,29,33,39H,13-14,16-17,20,22H2,1-6H3,(H,40,43)/t29-,33-/m1/s1.